The van der Waals surface area contributed by atoms with Gasteiger partial charge in [0.1, 0.15) is 7.14 Å². The number of hydrogen-bond acceptors (Lipinski definition) is 6. The van der Waals surface area contributed by atoms with Gasteiger partial charge in [0, 0.05) is 63.6 Å². The Bertz CT molecular complexity index is 1900. The molecule has 0 unspecified atom stereocenters. The third-order valence-electron chi connectivity index (χ3n) is 8.48. The Kier molecular flexibility index (Phi) is 19.3. The Labute approximate surface area is 331 Å². The van der Waals surface area contributed by atoms with Crippen molar-refractivity contribution in [2.24, 2.45) is 0 Å². The van der Waals surface area contributed by atoms with Crippen molar-refractivity contribution in [1.29, 1.82) is 0 Å². The molecule has 6 aromatic rings. The van der Waals surface area contributed by atoms with E-state index < -0.39 is 14.3 Å². The molecule has 0 radical (unpaired) electrons. The molecule has 0 aliphatic carbocycles. The zero-order chi connectivity index (χ0) is 38.2. The summed E-state index contributed by atoms with van der Waals surface area (Å²) in [5.74, 6) is 3.82. The van der Waals surface area contributed by atoms with Gasteiger partial charge in [-0.25, -0.2) is 0 Å². The first-order valence-electron chi connectivity index (χ1n) is 18.0. The fraction of sp³-hybridized carbons (Fsp3) is 0.174. The van der Waals surface area contributed by atoms with Gasteiger partial charge in [0.05, 0.1) is 6.29 Å². The minimum Gasteiger partial charge on any atom is -0.315 e. The van der Waals surface area contributed by atoms with Crippen molar-refractivity contribution in [3.05, 3.63) is 193 Å². The van der Waals surface area contributed by atoms with Crippen LogP contribution in [0.15, 0.2) is 182 Å². The smallest absolute Gasteiger partial charge is 0.156 e. The number of thioether (sulfide) groups is 2. The molecule has 0 atom stereocenters. The van der Waals surface area contributed by atoms with Gasteiger partial charge in [-0.2, -0.15) is 11.8 Å². The highest BCUT2D eigenvalue weighted by atomic mass is 32.2. The Hall–Kier alpha value is -4.04. The van der Waals surface area contributed by atoms with E-state index in [9.17, 15) is 9.13 Å². The topological polar surface area (TPSA) is 58.2 Å². The Morgan fingerprint density at radius 3 is 1.19 bits per heavy atom. The average Bonchev–Trinajstić information content (AvgIpc) is 3.26. The molecule has 6 aromatic carbocycles. The molecule has 2 N–H and O–H groups in total. The normalized spacial score (nSPS) is 11.0. The van der Waals surface area contributed by atoms with Crippen LogP contribution in [-0.4, -0.2) is 37.2 Å². The van der Waals surface area contributed by atoms with Crippen molar-refractivity contribution >= 4 is 59.0 Å². The zero-order valence-electron chi connectivity index (χ0n) is 30.7. The maximum Gasteiger partial charge on any atom is 0.156 e. The number of benzene rings is 6. The van der Waals surface area contributed by atoms with E-state index in [0.717, 1.165) is 57.4 Å². The van der Waals surface area contributed by atoms with Crippen LogP contribution in [0.25, 0.3) is 0 Å². The first kappa shape index (κ1) is 42.7. The lowest BCUT2D eigenvalue weighted by molar-refractivity contribution is 0.583. The molecule has 0 spiro atoms. The quantitative estimate of drug-likeness (QED) is 0.0392. The molecule has 54 heavy (non-hydrogen) atoms. The van der Waals surface area contributed by atoms with E-state index in [2.05, 4.69) is 72.0 Å². The molecule has 0 aliphatic rings. The first-order chi connectivity index (χ1) is 26.6. The third kappa shape index (κ3) is 13.7. The number of terminal acetylenes is 1. The monoisotopic (exact) mass is 788 g/mol. The largest absolute Gasteiger partial charge is 0.315 e. The predicted molar refractivity (Wildman–Crippen MR) is 240 cm³/mol. The van der Waals surface area contributed by atoms with Crippen LogP contribution in [0, 0.1) is 12.8 Å². The molecule has 6 rings (SSSR count). The molecule has 8 heteroatoms. The van der Waals surface area contributed by atoms with Crippen LogP contribution in [0.5, 0.6) is 0 Å². The summed E-state index contributed by atoms with van der Waals surface area (Å²) in [5, 5.41) is 10.6. The predicted octanol–water partition coefficient (Wildman–Crippen LogP) is 9.21. The third-order valence-corrected chi connectivity index (χ3v) is 16.5. The fourth-order valence-electron chi connectivity index (χ4n) is 5.70. The van der Waals surface area contributed by atoms with Gasteiger partial charge >= 0.3 is 0 Å². The van der Waals surface area contributed by atoms with Crippen molar-refractivity contribution in [3.8, 4) is 12.8 Å². The van der Waals surface area contributed by atoms with Crippen LogP contribution < -0.4 is 31.9 Å². The van der Waals surface area contributed by atoms with Crippen LogP contribution in [-0.2, 0) is 20.6 Å². The molecule has 0 aliphatic heterocycles. The number of rotatable bonds is 18. The highest BCUT2D eigenvalue weighted by molar-refractivity contribution is 7.98. The fourth-order valence-corrected chi connectivity index (χ4v) is 12.5. The van der Waals surface area contributed by atoms with Crippen molar-refractivity contribution < 1.29 is 9.13 Å². The highest BCUT2D eigenvalue weighted by Crippen LogP contribution is 2.43. The van der Waals surface area contributed by atoms with Gasteiger partial charge in [-0.3, -0.25) is 0 Å². The van der Waals surface area contributed by atoms with E-state index in [-0.39, 0.29) is 0 Å². The average molecular weight is 789 g/mol. The van der Waals surface area contributed by atoms with Crippen LogP contribution in [0.4, 0.5) is 0 Å². The van der Waals surface area contributed by atoms with Crippen LogP contribution >= 0.6 is 37.8 Å². The summed E-state index contributed by atoms with van der Waals surface area (Å²) in [5.41, 5.74) is 2.67. The summed E-state index contributed by atoms with van der Waals surface area (Å²) in [6, 6.07) is 60.3. The maximum absolute atomic E-state index is 13.8. The van der Waals surface area contributed by atoms with Crippen molar-refractivity contribution in [2.45, 2.75) is 11.5 Å². The first-order valence-corrected chi connectivity index (χ1v) is 24.1. The molecule has 4 nitrogen and oxygen atoms in total. The molecular weight excluding hydrogens is 739 g/mol. The number of hydrogen-bond donors (Lipinski definition) is 2. The molecular formula is C46H50N2O2P2S2. The van der Waals surface area contributed by atoms with Gasteiger partial charge in [-0.1, -0.05) is 182 Å². The Morgan fingerprint density at radius 1 is 0.426 bits per heavy atom. The van der Waals surface area contributed by atoms with Crippen molar-refractivity contribution in [3.63, 3.8) is 0 Å². The second-order valence-electron chi connectivity index (χ2n) is 12.2. The van der Waals surface area contributed by atoms with Gasteiger partial charge in [-0.05, 0) is 11.1 Å². The van der Waals surface area contributed by atoms with Crippen molar-refractivity contribution in [2.75, 3.05) is 37.2 Å². The molecule has 0 heterocycles. The minimum absolute atomic E-state index is 0.475. The van der Waals surface area contributed by atoms with Gasteiger partial charge in [0.25, 0.3) is 0 Å². The van der Waals surface area contributed by atoms with Crippen molar-refractivity contribution in [1.82, 2.24) is 10.6 Å². The highest BCUT2D eigenvalue weighted by Gasteiger charge is 2.27. The van der Waals surface area contributed by atoms with Gasteiger partial charge in [0.15, 0.2) is 7.14 Å². The van der Waals surface area contributed by atoms with Gasteiger partial charge in [-0.15, -0.1) is 24.6 Å². The van der Waals surface area contributed by atoms with E-state index in [4.69, 9.17) is 0 Å². The molecule has 0 amide bonds. The van der Waals surface area contributed by atoms with E-state index >= 15 is 0 Å². The standard InChI is InChI=1S/C23H26NOPS.C21H22NOPS.C2H2/c25-26(22-12-6-2-7-13-22,23-14-8-3-9-15-23)18-16-24-17-19-27-20-21-10-4-1-5-11-21;23-24(20-12-6-2-7-13-20,21-14-8-3-9-15-21)17-22-18-25-16-19-10-4-1-5-11-19;1-2/h1-15,24H,16-20H2;1-15,22H,16-18H2;1-2H. The van der Waals surface area contributed by atoms with E-state index in [0.29, 0.717) is 12.4 Å². The second-order valence-corrected chi connectivity index (χ2v) is 20.1. The summed E-state index contributed by atoms with van der Waals surface area (Å²) in [6.45, 7) is 1.69. The van der Waals surface area contributed by atoms with E-state index in [1.165, 1.54) is 11.1 Å². The molecule has 0 bridgehead atoms. The lowest BCUT2D eigenvalue weighted by atomic mass is 10.2. The molecule has 278 valence electrons. The summed E-state index contributed by atoms with van der Waals surface area (Å²) in [4.78, 5) is 0. The Balaban J connectivity index is 0.000000231. The molecule has 0 saturated heterocycles. The number of nitrogens with one attached hydrogen (secondary N) is 2. The lowest BCUT2D eigenvalue weighted by Crippen LogP contribution is -2.27. The maximum atomic E-state index is 13.8. The van der Waals surface area contributed by atoms with Crippen LogP contribution in [0.1, 0.15) is 11.1 Å². The van der Waals surface area contributed by atoms with Crippen LogP contribution in [0.2, 0.25) is 0 Å². The Morgan fingerprint density at radius 2 is 0.778 bits per heavy atom. The molecule has 0 aromatic heterocycles. The lowest BCUT2D eigenvalue weighted by Gasteiger charge is -2.20. The van der Waals surface area contributed by atoms with Crippen LogP contribution in [0.3, 0.4) is 0 Å². The second kappa shape index (κ2) is 24.4. The molecule has 0 fully saturated rings. The summed E-state index contributed by atoms with van der Waals surface area (Å²) in [6.07, 6.45) is 9.12. The zero-order valence-corrected chi connectivity index (χ0v) is 34.1. The summed E-state index contributed by atoms with van der Waals surface area (Å²) in [7, 11) is -5.26. The molecule has 0 saturated carbocycles. The SMILES string of the molecule is C#C.O=P(CCNCCSCc1ccccc1)(c1ccccc1)c1ccccc1.O=P(CNCSCc1ccccc1)(c1ccccc1)c1ccccc1. The minimum atomic E-state index is -2.66. The van der Waals surface area contributed by atoms with Gasteiger partial charge in [0.2, 0.25) is 0 Å². The summed E-state index contributed by atoms with van der Waals surface area (Å²) >= 11 is 3.73. The van der Waals surface area contributed by atoms with E-state index in [1.807, 2.05) is 145 Å². The van der Waals surface area contributed by atoms with E-state index in [1.54, 1.807) is 11.8 Å². The van der Waals surface area contributed by atoms with Gasteiger partial charge < -0.3 is 19.8 Å². The summed E-state index contributed by atoms with van der Waals surface area (Å²) < 4.78 is 27.6.